The second-order valence-electron chi connectivity index (χ2n) is 3.02. The molecule has 0 aliphatic rings. The summed E-state index contributed by atoms with van der Waals surface area (Å²) >= 11 is 5.31. The fourth-order valence-electron chi connectivity index (χ4n) is 1.39. The summed E-state index contributed by atoms with van der Waals surface area (Å²) in [5.41, 5.74) is 0. The first-order valence-corrected chi connectivity index (χ1v) is 6.20. The first kappa shape index (κ1) is 9.93. The van der Waals surface area contributed by atoms with Crippen LogP contribution in [0.15, 0.2) is 28.3 Å². The summed E-state index contributed by atoms with van der Waals surface area (Å²) in [6, 6.07) is 2.09. The highest BCUT2D eigenvalue weighted by Crippen LogP contribution is 2.23. The van der Waals surface area contributed by atoms with Gasteiger partial charge in [0, 0.05) is 28.2 Å². The zero-order valence-corrected chi connectivity index (χ0v) is 10.3. The molecule has 2 nitrogen and oxygen atoms in total. The first-order valence-electron chi connectivity index (χ1n) is 4.53. The molecule has 0 spiro atoms. The SMILES string of the molecule is CCc1nccn1Cc1sccc1Br. The highest BCUT2D eigenvalue weighted by atomic mass is 79.9. The summed E-state index contributed by atoms with van der Waals surface area (Å²) in [6.07, 6.45) is 4.88. The Balaban J connectivity index is 2.22. The Morgan fingerprint density at radius 2 is 2.43 bits per heavy atom. The molecule has 2 rings (SSSR count). The molecule has 4 heteroatoms. The van der Waals surface area contributed by atoms with Gasteiger partial charge in [0.05, 0.1) is 6.54 Å². The molecule has 0 amide bonds. The van der Waals surface area contributed by atoms with E-state index in [1.807, 2.05) is 12.4 Å². The number of hydrogen-bond donors (Lipinski definition) is 0. The molecular weight excluding hydrogens is 260 g/mol. The molecule has 0 atom stereocenters. The Hall–Kier alpha value is -0.610. The van der Waals surface area contributed by atoms with Crippen LogP contribution in [0, 0.1) is 0 Å². The van der Waals surface area contributed by atoms with Gasteiger partial charge in [-0.25, -0.2) is 4.98 Å². The van der Waals surface area contributed by atoms with Crippen LogP contribution in [0.25, 0.3) is 0 Å². The molecule has 0 aliphatic heterocycles. The number of rotatable bonds is 3. The standard InChI is InChI=1S/C10H11BrN2S/c1-2-10-12-4-5-13(10)7-9-8(11)3-6-14-9/h3-6H,2,7H2,1H3. The molecule has 0 aromatic carbocycles. The van der Waals surface area contributed by atoms with Crippen LogP contribution in [0.1, 0.15) is 17.6 Å². The van der Waals surface area contributed by atoms with Crippen LogP contribution in [0.4, 0.5) is 0 Å². The summed E-state index contributed by atoms with van der Waals surface area (Å²) in [7, 11) is 0. The van der Waals surface area contributed by atoms with Gasteiger partial charge in [-0.1, -0.05) is 6.92 Å². The minimum absolute atomic E-state index is 0.918. The van der Waals surface area contributed by atoms with Gasteiger partial charge in [-0.15, -0.1) is 11.3 Å². The van der Waals surface area contributed by atoms with Crippen LogP contribution in [0.2, 0.25) is 0 Å². The quantitative estimate of drug-likeness (QED) is 0.837. The van der Waals surface area contributed by atoms with Crippen molar-refractivity contribution in [3.8, 4) is 0 Å². The minimum atomic E-state index is 0.918. The molecule has 14 heavy (non-hydrogen) atoms. The monoisotopic (exact) mass is 270 g/mol. The molecule has 0 saturated carbocycles. The summed E-state index contributed by atoms with van der Waals surface area (Å²) in [4.78, 5) is 5.64. The summed E-state index contributed by atoms with van der Waals surface area (Å²) in [5.74, 6) is 1.14. The highest BCUT2D eigenvalue weighted by molar-refractivity contribution is 9.10. The van der Waals surface area contributed by atoms with E-state index >= 15 is 0 Å². The average molecular weight is 271 g/mol. The second-order valence-corrected chi connectivity index (χ2v) is 4.87. The number of nitrogens with zero attached hydrogens (tertiary/aromatic N) is 2. The van der Waals surface area contributed by atoms with Gasteiger partial charge in [0.15, 0.2) is 0 Å². The minimum Gasteiger partial charge on any atom is -0.330 e. The van der Waals surface area contributed by atoms with Crippen molar-refractivity contribution in [2.75, 3.05) is 0 Å². The molecule has 2 aromatic heterocycles. The molecule has 0 aliphatic carbocycles. The number of aromatic nitrogens is 2. The van der Waals surface area contributed by atoms with E-state index in [9.17, 15) is 0 Å². The van der Waals surface area contributed by atoms with E-state index in [0.29, 0.717) is 0 Å². The molecule has 0 bridgehead atoms. The molecular formula is C10H11BrN2S. The van der Waals surface area contributed by atoms with Crippen molar-refractivity contribution in [2.45, 2.75) is 19.9 Å². The van der Waals surface area contributed by atoms with Crippen LogP contribution in [-0.2, 0) is 13.0 Å². The number of aryl methyl sites for hydroxylation is 1. The van der Waals surface area contributed by atoms with Crippen LogP contribution in [-0.4, -0.2) is 9.55 Å². The normalized spacial score (nSPS) is 10.7. The molecule has 0 unspecified atom stereocenters. The third kappa shape index (κ3) is 1.91. The van der Waals surface area contributed by atoms with Crippen molar-refractivity contribution in [3.05, 3.63) is 39.0 Å². The van der Waals surface area contributed by atoms with Crippen molar-refractivity contribution >= 4 is 27.3 Å². The van der Waals surface area contributed by atoms with E-state index in [4.69, 9.17) is 0 Å². The Kier molecular flexibility index (Phi) is 3.03. The van der Waals surface area contributed by atoms with Gasteiger partial charge in [0.2, 0.25) is 0 Å². The number of hydrogen-bond acceptors (Lipinski definition) is 2. The molecule has 2 aromatic rings. The summed E-state index contributed by atoms with van der Waals surface area (Å²) in [5, 5.41) is 2.10. The predicted octanol–water partition coefficient (Wildman–Crippen LogP) is 3.32. The van der Waals surface area contributed by atoms with Gasteiger partial charge < -0.3 is 4.57 Å². The number of halogens is 1. The lowest BCUT2D eigenvalue weighted by molar-refractivity contribution is 0.739. The van der Waals surface area contributed by atoms with Crippen molar-refractivity contribution in [2.24, 2.45) is 0 Å². The molecule has 0 fully saturated rings. The Bertz CT molecular complexity index is 419. The van der Waals surface area contributed by atoms with Gasteiger partial charge >= 0.3 is 0 Å². The van der Waals surface area contributed by atoms with Gasteiger partial charge in [-0.05, 0) is 27.4 Å². The molecule has 0 N–H and O–H groups in total. The smallest absolute Gasteiger partial charge is 0.108 e. The maximum atomic E-state index is 4.30. The number of thiophene rings is 1. The van der Waals surface area contributed by atoms with E-state index < -0.39 is 0 Å². The lowest BCUT2D eigenvalue weighted by atomic mass is 10.4. The fourth-order valence-corrected chi connectivity index (χ4v) is 2.87. The largest absolute Gasteiger partial charge is 0.330 e. The topological polar surface area (TPSA) is 17.8 Å². The van der Waals surface area contributed by atoms with Gasteiger partial charge in [-0.2, -0.15) is 0 Å². The third-order valence-corrected chi connectivity index (χ3v) is 4.03. The van der Waals surface area contributed by atoms with Crippen molar-refractivity contribution in [1.29, 1.82) is 0 Å². The van der Waals surface area contributed by atoms with E-state index in [0.717, 1.165) is 18.8 Å². The van der Waals surface area contributed by atoms with Crippen molar-refractivity contribution < 1.29 is 0 Å². The van der Waals surface area contributed by atoms with E-state index in [-0.39, 0.29) is 0 Å². The first-order chi connectivity index (χ1) is 6.81. The maximum Gasteiger partial charge on any atom is 0.108 e. The van der Waals surface area contributed by atoms with E-state index in [1.165, 1.54) is 9.35 Å². The lowest BCUT2D eigenvalue weighted by Gasteiger charge is -2.04. The van der Waals surface area contributed by atoms with Gasteiger partial charge in [-0.3, -0.25) is 0 Å². The summed E-state index contributed by atoms with van der Waals surface area (Å²) < 4.78 is 3.38. The van der Waals surface area contributed by atoms with Crippen LogP contribution < -0.4 is 0 Å². The molecule has 0 radical (unpaired) electrons. The zero-order chi connectivity index (χ0) is 9.97. The Labute approximate surface area is 95.7 Å². The number of imidazole rings is 1. The predicted molar refractivity (Wildman–Crippen MR) is 62.7 cm³/mol. The van der Waals surface area contributed by atoms with Gasteiger partial charge in [0.1, 0.15) is 5.82 Å². The Morgan fingerprint density at radius 1 is 1.57 bits per heavy atom. The maximum absolute atomic E-state index is 4.30. The van der Waals surface area contributed by atoms with Crippen LogP contribution >= 0.6 is 27.3 Å². The summed E-state index contributed by atoms with van der Waals surface area (Å²) in [6.45, 7) is 3.05. The zero-order valence-electron chi connectivity index (χ0n) is 7.90. The Morgan fingerprint density at radius 3 is 3.07 bits per heavy atom. The average Bonchev–Trinajstić information content (AvgIpc) is 2.77. The van der Waals surface area contributed by atoms with E-state index in [2.05, 4.69) is 43.9 Å². The molecule has 0 saturated heterocycles. The molecule has 74 valence electrons. The van der Waals surface area contributed by atoms with Crippen molar-refractivity contribution in [3.63, 3.8) is 0 Å². The molecule has 2 heterocycles. The highest BCUT2D eigenvalue weighted by Gasteiger charge is 2.04. The lowest BCUT2D eigenvalue weighted by Crippen LogP contribution is -2.02. The van der Waals surface area contributed by atoms with Gasteiger partial charge in [0.25, 0.3) is 0 Å². The third-order valence-electron chi connectivity index (χ3n) is 2.12. The van der Waals surface area contributed by atoms with E-state index in [1.54, 1.807) is 11.3 Å². The van der Waals surface area contributed by atoms with Crippen molar-refractivity contribution in [1.82, 2.24) is 9.55 Å². The fraction of sp³-hybridized carbons (Fsp3) is 0.300. The second kappa shape index (κ2) is 4.28. The van der Waals surface area contributed by atoms with Crippen LogP contribution in [0.5, 0.6) is 0 Å². The van der Waals surface area contributed by atoms with Crippen LogP contribution in [0.3, 0.4) is 0 Å².